The van der Waals surface area contributed by atoms with Crippen molar-refractivity contribution in [1.29, 1.82) is 10.5 Å². The fourth-order valence-corrected chi connectivity index (χ4v) is 9.84. The number of rotatable bonds is 19. The second-order valence-corrected chi connectivity index (χ2v) is 30.4. The molecule has 0 saturated carbocycles. The fourth-order valence-electron chi connectivity index (χ4n) is 9.29. The summed E-state index contributed by atoms with van der Waals surface area (Å²) >= 11 is 8.70. The molecule has 3 aliphatic heterocycles. The topological polar surface area (TPSA) is 126 Å². The van der Waals surface area contributed by atoms with E-state index >= 15 is 0 Å². The van der Waals surface area contributed by atoms with Gasteiger partial charge in [0, 0.05) is 61.1 Å². The monoisotopic (exact) mass is 1340 g/mol. The highest BCUT2D eigenvalue weighted by Crippen LogP contribution is 2.34. The molecule has 3 aromatic rings. The molecule has 90 heavy (non-hydrogen) atoms. The molecule has 3 atom stereocenters. The van der Waals surface area contributed by atoms with E-state index in [1.807, 2.05) is 76.3 Å². The zero-order valence-corrected chi connectivity index (χ0v) is 63.2. The van der Waals surface area contributed by atoms with Gasteiger partial charge in [0.15, 0.2) is 0 Å². The van der Waals surface area contributed by atoms with Gasteiger partial charge in [-0.1, -0.05) is 200 Å². The molecular formula is C79H131BrCl2N6O2. The highest BCUT2D eigenvalue weighted by Gasteiger charge is 2.33. The lowest BCUT2D eigenvalue weighted by atomic mass is 9.81. The molecule has 3 heterocycles. The number of likely N-dealkylation sites (tertiary alicyclic amines) is 2. The van der Waals surface area contributed by atoms with Crippen LogP contribution in [0.15, 0.2) is 142 Å². The van der Waals surface area contributed by atoms with E-state index < -0.39 is 0 Å². The van der Waals surface area contributed by atoms with Crippen LogP contribution in [-0.4, -0.2) is 71.1 Å². The number of alkyl halides is 1. The molecule has 3 unspecified atom stereocenters. The number of benzene rings is 3. The Kier molecular flexibility index (Phi) is 53.3. The Morgan fingerprint density at radius 1 is 0.678 bits per heavy atom. The van der Waals surface area contributed by atoms with Crippen LogP contribution in [-0.2, 0) is 13.0 Å². The summed E-state index contributed by atoms with van der Waals surface area (Å²) in [6.45, 7) is 56.7. The van der Waals surface area contributed by atoms with E-state index in [2.05, 4.69) is 209 Å². The van der Waals surface area contributed by atoms with Crippen LogP contribution >= 0.6 is 39.9 Å². The molecule has 3 saturated heterocycles. The molecule has 0 aliphatic carbocycles. The van der Waals surface area contributed by atoms with Gasteiger partial charge >= 0.3 is 5.37 Å². The Balaban J connectivity index is -0.000000473. The summed E-state index contributed by atoms with van der Waals surface area (Å²) in [6.07, 6.45) is 27.5. The number of nitrogens with one attached hydrogen (secondary N) is 1. The summed E-state index contributed by atoms with van der Waals surface area (Å²) in [6, 6.07) is 36.7. The molecule has 3 N–H and O–H groups in total. The van der Waals surface area contributed by atoms with Crippen LogP contribution in [0, 0.1) is 61.1 Å². The Morgan fingerprint density at radius 3 is 1.48 bits per heavy atom. The summed E-state index contributed by atoms with van der Waals surface area (Å²) in [5.41, 5.74) is 11.0. The van der Waals surface area contributed by atoms with Crippen LogP contribution in [0.3, 0.4) is 0 Å². The van der Waals surface area contributed by atoms with Gasteiger partial charge in [0.25, 0.3) is 0 Å². The minimum Gasteiger partial charge on any atom is -0.330 e. The first-order valence-corrected chi connectivity index (χ1v) is 34.6. The lowest BCUT2D eigenvalue weighted by Crippen LogP contribution is -2.46. The number of hydrogen-bond donors (Lipinski definition) is 2. The van der Waals surface area contributed by atoms with Gasteiger partial charge in [-0.2, -0.15) is 10.5 Å². The summed E-state index contributed by atoms with van der Waals surface area (Å²) in [7, 11) is 0. The number of piperidine rings is 3. The number of nitrogens with two attached hydrogens (primary N) is 1. The largest absolute Gasteiger partial charge is 0.330 e. The average Bonchev–Trinajstić information content (AvgIpc) is 3.71. The van der Waals surface area contributed by atoms with Crippen LogP contribution < -0.4 is 11.1 Å². The molecule has 1 amide bonds. The number of carbonyl (C=O) groups excluding carboxylic acids is 2. The quantitative estimate of drug-likeness (QED) is 0.0402. The molecule has 3 fully saturated rings. The number of aryl methyl sites for hydroxylation is 1. The number of hydrogen-bond acceptors (Lipinski definition) is 7. The van der Waals surface area contributed by atoms with E-state index in [1.165, 1.54) is 82.0 Å². The van der Waals surface area contributed by atoms with Crippen molar-refractivity contribution >= 4 is 51.6 Å². The fraction of sp³-hybridized carbons (Fsp3) is 0.620. The maximum Gasteiger partial charge on any atom is 0.316 e. The zero-order chi connectivity index (χ0) is 68.6. The number of nitriles is 2. The van der Waals surface area contributed by atoms with Crippen LogP contribution in [0.2, 0.25) is 0 Å². The van der Waals surface area contributed by atoms with Gasteiger partial charge in [-0.05, 0) is 208 Å². The predicted molar refractivity (Wildman–Crippen MR) is 402 cm³/mol. The number of amides is 1. The highest BCUT2D eigenvalue weighted by atomic mass is 79.9. The van der Waals surface area contributed by atoms with Gasteiger partial charge in [-0.25, -0.2) is 0 Å². The molecule has 8 nitrogen and oxygen atoms in total. The van der Waals surface area contributed by atoms with Crippen molar-refractivity contribution in [3.63, 3.8) is 0 Å². The van der Waals surface area contributed by atoms with E-state index in [1.54, 1.807) is 17.0 Å². The molecule has 6 rings (SSSR count). The smallest absolute Gasteiger partial charge is 0.316 e. The van der Waals surface area contributed by atoms with E-state index in [4.69, 9.17) is 27.9 Å². The van der Waals surface area contributed by atoms with Crippen molar-refractivity contribution < 1.29 is 9.59 Å². The first-order valence-electron chi connectivity index (χ1n) is 33.1. The molecule has 510 valence electrons. The van der Waals surface area contributed by atoms with E-state index in [0.717, 1.165) is 93.8 Å². The summed E-state index contributed by atoms with van der Waals surface area (Å²) in [5, 5.41) is 20.6. The number of halogens is 3. The maximum atomic E-state index is 11.0. The van der Waals surface area contributed by atoms with Crippen molar-refractivity contribution in [2.24, 2.45) is 44.1 Å². The molecule has 0 spiro atoms. The molecule has 3 aliphatic rings. The molecule has 3 aromatic carbocycles. The van der Waals surface area contributed by atoms with Crippen LogP contribution in [0.4, 0.5) is 4.79 Å². The first-order chi connectivity index (χ1) is 41.6. The highest BCUT2D eigenvalue weighted by molar-refractivity contribution is 9.09. The second kappa shape index (κ2) is 52.1. The van der Waals surface area contributed by atoms with Crippen LogP contribution in [0.1, 0.15) is 236 Å². The third-order valence-electron chi connectivity index (χ3n) is 16.0. The Hall–Kier alpha value is -4.32. The second-order valence-electron chi connectivity index (χ2n) is 29.3. The SMILES string of the molecule is C=CCCBr.C=CCCC(C)(C)C#N.C=CCCC(C)(C)CCCc1ccccc1.C=CCCC(C)(C)CN.CC(C)C#N.CC1CCC(C)(C)CN1.CC1CCC(C)(C)CN1C(=O)Cl.CC1CCC(C)(C)CN1Cc1ccccc1.Cl.O=Cc1ccccc1. The minimum absolute atomic E-state index is 0. The van der Waals surface area contributed by atoms with Gasteiger partial charge in [0.05, 0.1) is 17.6 Å². The van der Waals surface area contributed by atoms with Crippen molar-refractivity contribution in [2.45, 2.75) is 245 Å². The predicted octanol–water partition coefficient (Wildman–Crippen LogP) is 22.8. The molecule has 0 radical (unpaired) electrons. The van der Waals surface area contributed by atoms with Crippen LogP contribution in [0.25, 0.3) is 0 Å². The molecule has 0 bridgehead atoms. The first kappa shape index (κ1) is 92.1. The van der Waals surface area contributed by atoms with E-state index in [-0.39, 0.29) is 34.5 Å². The molecular weight excluding hydrogens is 1220 g/mol. The van der Waals surface area contributed by atoms with Crippen molar-refractivity contribution in [3.05, 3.63) is 158 Å². The lowest BCUT2D eigenvalue weighted by Gasteiger charge is -2.42. The Bertz CT molecular complexity index is 2360. The minimum atomic E-state index is -0.310. The van der Waals surface area contributed by atoms with Crippen molar-refractivity contribution in [2.75, 3.05) is 31.5 Å². The number of aldehydes is 1. The Labute approximate surface area is 574 Å². The maximum absolute atomic E-state index is 11.0. The van der Waals surface area contributed by atoms with Gasteiger partial charge in [0.1, 0.15) is 6.29 Å². The number of carbonyl (C=O) groups is 2. The molecule has 0 aromatic heterocycles. The van der Waals surface area contributed by atoms with E-state index in [0.29, 0.717) is 27.7 Å². The standard InChI is InChI=1S/C16H24.C15H23N.C9H16ClNO.2C8H17N.C8H13N.C7H6O.C4H7Br.C4H7N.ClH/c1-4-5-13-16(2,3)14-9-12-15-10-7-6-8-11-15;1-13-9-10-15(2,3)12-16(13)11-14-7-5-4-6-8-14;1-7-4-5-9(2,3)6-11(7)8(10)12;1-7-4-5-8(2,3)6-9-7;2*1-4-5-6-8(2,3)7-9;8-6-7-4-2-1-3-5-7;1-2-3-4-5;1-4(2)3-5;/h4,6-8,10-11H,1,5,9,12-14H2,2-3H3;4-8,13H,9-12H2,1-3H3;7H,4-6H2,1-3H3;7,9H,4-6H2,1-3H3;4H,1,5-7,9H2,2-3H3;4H,1,5-6H2,2-3H3;1-6H;2H,1,3-4H2;4H,1-2H3;1H. The van der Waals surface area contributed by atoms with Crippen molar-refractivity contribution in [1.82, 2.24) is 15.1 Å². The third-order valence-corrected chi connectivity index (χ3v) is 16.7. The third kappa shape index (κ3) is 53.2. The average molecular weight is 1350 g/mol. The van der Waals surface area contributed by atoms with Crippen LogP contribution in [0.5, 0.6) is 0 Å². The number of allylic oxidation sites excluding steroid dienone is 4. The summed E-state index contributed by atoms with van der Waals surface area (Å²) < 4.78 is 0. The normalized spacial score (nSPS) is 17.6. The van der Waals surface area contributed by atoms with Gasteiger partial charge in [-0.3, -0.25) is 14.5 Å². The van der Waals surface area contributed by atoms with E-state index in [9.17, 15) is 9.59 Å². The molecule has 11 heteroatoms. The lowest BCUT2D eigenvalue weighted by molar-refractivity contribution is 0.0654. The van der Waals surface area contributed by atoms with Crippen molar-refractivity contribution in [3.8, 4) is 12.1 Å². The summed E-state index contributed by atoms with van der Waals surface area (Å²) in [5.74, 6) is 0.190. The Morgan fingerprint density at radius 2 is 1.11 bits per heavy atom. The number of nitrogens with zero attached hydrogens (tertiary/aromatic N) is 4. The van der Waals surface area contributed by atoms with Gasteiger partial charge in [0.2, 0.25) is 0 Å². The summed E-state index contributed by atoms with van der Waals surface area (Å²) in [4.78, 5) is 25.4. The van der Waals surface area contributed by atoms with Gasteiger partial charge in [-0.15, -0.1) is 38.7 Å². The zero-order valence-electron chi connectivity index (χ0n) is 60.1. The van der Waals surface area contributed by atoms with Gasteiger partial charge < -0.3 is 16.0 Å².